The van der Waals surface area contributed by atoms with E-state index in [1.54, 1.807) is 6.08 Å². The van der Waals surface area contributed by atoms with Crippen LogP contribution in [0, 0.1) is 0 Å². The largest absolute Gasteiger partial charge is 0.479 e. The Labute approximate surface area is 177 Å². The highest BCUT2D eigenvalue weighted by Crippen LogP contribution is 2.19. The molecule has 0 aliphatic heterocycles. The lowest BCUT2D eigenvalue weighted by molar-refractivity contribution is -0.203. The van der Waals surface area contributed by atoms with Crippen LogP contribution in [0.2, 0.25) is 0 Å². The number of hydrogen-bond donors (Lipinski definition) is 3. The maximum Gasteiger partial charge on any atom is 0.353 e. The summed E-state index contributed by atoms with van der Waals surface area (Å²) in [7, 11) is 0. The highest BCUT2D eigenvalue weighted by atomic mass is 16.6. The van der Waals surface area contributed by atoms with E-state index in [0.717, 1.165) is 24.8 Å². The number of carboxylic acid groups (broad SMARTS) is 2. The molecular formula is C22H34O8. The summed E-state index contributed by atoms with van der Waals surface area (Å²) in [6.45, 7) is 8.94. The summed E-state index contributed by atoms with van der Waals surface area (Å²) in [4.78, 5) is 34.6. The number of carbonyl (C=O) groups is 3. The third-order valence-electron chi connectivity index (χ3n) is 4.33. The molecule has 0 aromatic rings. The van der Waals surface area contributed by atoms with Crippen LogP contribution in [0.15, 0.2) is 34.9 Å². The van der Waals surface area contributed by atoms with Crippen molar-refractivity contribution in [3.63, 3.8) is 0 Å². The van der Waals surface area contributed by atoms with Gasteiger partial charge < -0.3 is 24.8 Å². The van der Waals surface area contributed by atoms with Crippen LogP contribution in [0.25, 0.3) is 0 Å². The molecular weight excluding hydrogens is 392 g/mol. The van der Waals surface area contributed by atoms with Crippen LogP contribution in [0.3, 0.4) is 0 Å². The first-order valence-electron chi connectivity index (χ1n) is 9.88. The van der Waals surface area contributed by atoms with Crippen LogP contribution >= 0.6 is 0 Å². The molecule has 8 nitrogen and oxygen atoms in total. The van der Waals surface area contributed by atoms with Gasteiger partial charge in [-0.05, 0) is 60.3 Å². The third-order valence-corrected chi connectivity index (χ3v) is 4.33. The number of hydrogen-bond acceptors (Lipinski definition) is 6. The molecule has 0 bridgehead atoms. The second-order valence-electron chi connectivity index (χ2n) is 7.30. The maximum atomic E-state index is 11.8. The average molecular weight is 427 g/mol. The van der Waals surface area contributed by atoms with Crippen molar-refractivity contribution in [1.29, 1.82) is 0 Å². The number of rotatable bonds is 14. The fourth-order valence-electron chi connectivity index (χ4n) is 2.54. The fraction of sp³-hybridized carbons (Fsp3) is 0.591. The van der Waals surface area contributed by atoms with Crippen LogP contribution in [0.4, 0.5) is 0 Å². The maximum absolute atomic E-state index is 11.8. The Hall–Kier alpha value is -2.45. The molecule has 0 aliphatic carbocycles. The first kappa shape index (κ1) is 27.5. The topological polar surface area (TPSA) is 130 Å². The van der Waals surface area contributed by atoms with E-state index in [1.807, 2.05) is 6.92 Å². The molecule has 0 fully saturated rings. The Balaban J connectivity index is 4.89. The van der Waals surface area contributed by atoms with Gasteiger partial charge >= 0.3 is 17.9 Å². The normalized spacial score (nSPS) is 15.1. The molecule has 0 amide bonds. The van der Waals surface area contributed by atoms with E-state index in [2.05, 4.69) is 37.7 Å². The number of carboxylic acids is 2. The Morgan fingerprint density at radius 3 is 1.93 bits per heavy atom. The quantitative estimate of drug-likeness (QED) is 0.219. The van der Waals surface area contributed by atoms with Crippen LogP contribution in [0.5, 0.6) is 0 Å². The van der Waals surface area contributed by atoms with Crippen LogP contribution < -0.4 is 0 Å². The minimum atomic E-state index is -3.34. The summed E-state index contributed by atoms with van der Waals surface area (Å²) in [5, 5.41) is 28.6. The summed E-state index contributed by atoms with van der Waals surface area (Å²) >= 11 is 0. The van der Waals surface area contributed by atoms with Crippen molar-refractivity contribution in [2.75, 3.05) is 13.2 Å². The van der Waals surface area contributed by atoms with Crippen LogP contribution in [-0.4, -0.2) is 58.1 Å². The van der Waals surface area contributed by atoms with Crippen LogP contribution in [-0.2, 0) is 23.9 Å². The molecule has 0 aromatic heterocycles. The second-order valence-corrected chi connectivity index (χ2v) is 7.30. The number of esters is 1. The zero-order valence-corrected chi connectivity index (χ0v) is 18.4. The van der Waals surface area contributed by atoms with Crippen molar-refractivity contribution in [3.05, 3.63) is 34.9 Å². The summed E-state index contributed by atoms with van der Waals surface area (Å²) < 4.78 is 9.55. The van der Waals surface area contributed by atoms with E-state index < -0.39 is 29.6 Å². The molecule has 0 aromatic carbocycles. The smallest absolute Gasteiger partial charge is 0.353 e. The van der Waals surface area contributed by atoms with E-state index in [1.165, 1.54) is 18.1 Å². The third kappa shape index (κ3) is 9.37. The molecule has 0 saturated carbocycles. The molecule has 0 radical (unpaired) electrons. The van der Waals surface area contributed by atoms with Gasteiger partial charge in [0.2, 0.25) is 6.10 Å². The summed E-state index contributed by atoms with van der Waals surface area (Å²) in [5.41, 5.74) is 0.138. The number of aliphatic hydroxyl groups is 1. The van der Waals surface area contributed by atoms with Gasteiger partial charge in [0, 0.05) is 0 Å². The first-order valence-corrected chi connectivity index (χ1v) is 9.88. The van der Waals surface area contributed by atoms with E-state index in [4.69, 9.17) is 4.74 Å². The molecule has 0 heterocycles. The SMILES string of the molecule is CCOC(=O)C(O)(C(=O)O)C(OCC=C(C)CCC=C(C)CCC=C(C)C)C(=O)O. The van der Waals surface area contributed by atoms with E-state index >= 15 is 0 Å². The minimum Gasteiger partial charge on any atom is -0.479 e. The van der Waals surface area contributed by atoms with E-state index in [-0.39, 0.29) is 13.2 Å². The first-order chi connectivity index (χ1) is 14.0. The summed E-state index contributed by atoms with van der Waals surface area (Å²) in [5.74, 6) is -5.42. The van der Waals surface area contributed by atoms with Crippen molar-refractivity contribution in [2.45, 2.75) is 72.0 Å². The zero-order chi connectivity index (χ0) is 23.3. The van der Waals surface area contributed by atoms with Gasteiger partial charge in [-0.1, -0.05) is 34.9 Å². The Morgan fingerprint density at radius 2 is 1.47 bits per heavy atom. The van der Waals surface area contributed by atoms with E-state index in [9.17, 15) is 29.7 Å². The average Bonchev–Trinajstić information content (AvgIpc) is 2.64. The lowest BCUT2D eigenvalue weighted by Crippen LogP contribution is -2.60. The molecule has 30 heavy (non-hydrogen) atoms. The van der Waals surface area contributed by atoms with Gasteiger partial charge in [-0.3, -0.25) is 0 Å². The lowest BCUT2D eigenvalue weighted by Gasteiger charge is -2.26. The monoisotopic (exact) mass is 426 g/mol. The Morgan fingerprint density at radius 1 is 0.933 bits per heavy atom. The standard InChI is InChI=1S/C22H34O8/c1-6-29-21(27)22(28,20(25)26)18(19(23)24)30-14-13-17(5)12-8-11-16(4)10-7-9-15(2)3/h9,11,13,18,28H,6-8,10,12,14H2,1-5H3,(H,23,24)(H,25,26). The number of ether oxygens (including phenoxy) is 2. The van der Waals surface area contributed by atoms with Gasteiger partial charge in [-0.25, -0.2) is 14.4 Å². The minimum absolute atomic E-state index is 0.221. The molecule has 3 N–H and O–H groups in total. The number of carbonyl (C=O) groups excluding carboxylic acids is 1. The molecule has 2 unspecified atom stereocenters. The van der Waals surface area contributed by atoms with Gasteiger partial charge in [0.05, 0.1) is 13.2 Å². The van der Waals surface area contributed by atoms with Gasteiger partial charge in [-0.2, -0.15) is 0 Å². The highest BCUT2D eigenvalue weighted by Gasteiger charge is 2.57. The fourth-order valence-corrected chi connectivity index (χ4v) is 2.54. The Bertz CT molecular complexity index is 685. The van der Waals surface area contributed by atoms with Gasteiger partial charge in [-0.15, -0.1) is 0 Å². The van der Waals surface area contributed by atoms with Crippen molar-refractivity contribution in [2.24, 2.45) is 0 Å². The molecule has 2 atom stereocenters. The summed E-state index contributed by atoms with van der Waals surface area (Å²) in [6.07, 6.45) is 7.10. The van der Waals surface area contributed by atoms with Crippen molar-refractivity contribution in [3.8, 4) is 0 Å². The van der Waals surface area contributed by atoms with Gasteiger partial charge in [0.1, 0.15) is 0 Å². The lowest BCUT2D eigenvalue weighted by atomic mass is 9.96. The van der Waals surface area contributed by atoms with Crippen molar-refractivity contribution in [1.82, 2.24) is 0 Å². The molecule has 8 heteroatoms. The zero-order valence-electron chi connectivity index (χ0n) is 18.4. The molecule has 170 valence electrons. The second kappa shape index (κ2) is 13.7. The molecule has 0 spiro atoms. The van der Waals surface area contributed by atoms with Crippen molar-refractivity contribution < 1.29 is 39.2 Å². The molecule has 0 aliphatic rings. The molecule has 0 rings (SSSR count). The van der Waals surface area contributed by atoms with Gasteiger partial charge in [0.25, 0.3) is 5.60 Å². The summed E-state index contributed by atoms with van der Waals surface area (Å²) in [6, 6.07) is 0. The van der Waals surface area contributed by atoms with Crippen LogP contribution in [0.1, 0.15) is 60.3 Å². The van der Waals surface area contributed by atoms with Gasteiger partial charge in [0.15, 0.2) is 0 Å². The van der Waals surface area contributed by atoms with E-state index in [0.29, 0.717) is 6.42 Å². The highest BCUT2D eigenvalue weighted by molar-refractivity contribution is 6.07. The van der Waals surface area contributed by atoms with Crippen molar-refractivity contribution >= 4 is 17.9 Å². The predicted octanol–water partition coefficient (Wildman–Crippen LogP) is 3.25. The number of aliphatic carboxylic acids is 2. The number of allylic oxidation sites excluding steroid dienone is 5. The Kier molecular flexibility index (Phi) is 12.6. The predicted molar refractivity (Wildman–Crippen MR) is 112 cm³/mol. The molecule has 0 saturated heterocycles.